The second-order valence-corrected chi connectivity index (χ2v) is 6.59. The molecule has 1 heterocycles. The Hall–Kier alpha value is -3.54. The maximum atomic E-state index is 13.8. The highest BCUT2D eigenvalue weighted by Crippen LogP contribution is 2.37. The first-order valence-corrected chi connectivity index (χ1v) is 8.82. The summed E-state index contributed by atoms with van der Waals surface area (Å²) >= 11 is 0. The van der Waals surface area contributed by atoms with E-state index >= 15 is 0 Å². The van der Waals surface area contributed by atoms with Gasteiger partial charge in [-0.15, -0.1) is 0 Å². The molecule has 0 spiro atoms. The van der Waals surface area contributed by atoms with Crippen molar-refractivity contribution in [1.29, 1.82) is 0 Å². The van der Waals surface area contributed by atoms with Crippen LogP contribution >= 0.6 is 0 Å². The number of benzene rings is 3. The first-order valence-electron chi connectivity index (χ1n) is 8.82. The minimum Gasteiger partial charge on any atom is -0.489 e. The second-order valence-electron chi connectivity index (χ2n) is 6.59. The summed E-state index contributed by atoms with van der Waals surface area (Å²) in [6.45, 7) is 1.42. The number of fused-ring (bicyclic) bond motifs is 1. The van der Waals surface area contributed by atoms with Crippen molar-refractivity contribution in [2.24, 2.45) is 0 Å². The summed E-state index contributed by atoms with van der Waals surface area (Å²) in [6, 6.07) is 12.4. The molecule has 29 heavy (non-hydrogen) atoms. The van der Waals surface area contributed by atoms with Gasteiger partial charge in [0.1, 0.15) is 35.6 Å². The fraction of sp³-hybridized carbons (Fsp3) is 0.0870. The van der Waals surface area contributed by atoms with Crippen LogP contribution in [0.2, 0.25) is 0 Å². The molecule has 0 N–H and O–H groups in total. The van der Waals surface area contributed by atoms with Crippen LogP contribution in [-0.4, -0.2) is 5.78 Å². The number of allylic oxidation sites excluding steroid dienone is 1. The zero-order valence-electron chi connectivity index (χ0n) is 15.3. The lowest BCUT2D eigenvalue weighted by atomic mass is 10.0. The molecule has 0 saturated heterocycles. The smallest absolute Gasteiger partial charge is 0.232 e. The maximum Gasteiger partial charge on any atom is 0.232 e. The number of aryl methyl sites for hydroxylation is 1. The zero-order chi connectivity index (χ0) is 20.5. The van der Waals surface area contributed by atoms with Gasteiger partial charge in [0.2, 0.25) is 5.78 Å². The standard InChI is InChI=1S/C23H15F3O3/c1-13-9-16(28-12-17-18(25)3-2-4-19(17)26)11-20-22(13)23(27)21(29-20)10-14-5-7-15(24)8-6-14/h2-11H,12H2,1H3/b21-10-. The Bertz CT molecular complexity index is 1110. The van der Waals surface area contributed by atoms with Crippen LogP contribution in [0.4, 0.5) is 13.2 Å². The summed E-state index contributed by atoms with van der Waals surface area (Å²) in [5.74, 6) is -1.34. The number of carbonyl (C=O) groups excluding carboxylic acids is 1. The van der Waals surface area contributed by atoms with Crippen LogP contribution in [0.3, 0.4) is 0 Å². The number of hydrogen-bond acceptors (Lipinski definition) is 3. The fourth-order valence-electron chi connectivity index (χ4n) is 3.10. The Morgan fingerprint density at radius 2 is 1.69 bits per heavy atom. The highest BCUT2D eigenvalue weighted by Gasteiger charge is 2.30. The van der Waals surface area contributed by atoms with Crippen LogP contribution in [0, 0.1) is 24.4 Å². The molecule has 0 fully saturated rings. The van der Waals surface area contributed by atoms with Gasteiger partial charge in [-0.25, -0.2) is 13.2 Å². The Balaban J connectivity index is 1.58. The van der Waals surface area contributed by atoms with Crippen LogP contribution in [-0.2, 0) is 6.61 Å². The van der Waals surface area contributed by atoms with E-state index < -0.39 is 11.6 Å². The number of halogens is 3. The van der Waals surface area contributed by atoms with Gasteiger partial charge in [-0.1, -0.05) is 18.2 Å². The van der Waals surface area contributed by atoms with Crippen molar-refractivity contribution >= 4 is 11.9 Å². The van der Waals surface area contributed by atoms with E-state index in [4.69, 9.17) is 9.47 Å². The lowest BCUT2D eigenvalue weighted by Gasteiger charge is -2.10. The minimum absolute atomic E-state index is 0.104. The van der Waals surface area contributed by atoms with E-state index in [9.17, 15) is 18.0 Å². The van der Waals surface area contributed by atoms with Crippen molar-refractivity contribution < 1.29 is 27.4 Å². The van der Waals surface area contributed by atoms with E-state index in [1.807, 2.05) is 0 Å². The number of ketones is 1. The average Bonchev–Trinajstić information content (AvgIpc) is 2.99. The molecular formula is C23H15F3O3. The molecule has 4 rings (SSSR count). The van der Waals surface area contributed by atoms with Crippen LogP contribution in [0.15, 0.2) is 60.4 Å². The molecule has 0 aliphatic carbocycles. The molecule has 1 aliphatic rings. The topological polar surface area (TPSA) is 35.5 Å². The predicted molar refractivity (Wildman–Crippen MR) is 101 cm³/mol. The summed E-state index contributed by atoms with van der Waals surface area (Å²) in [6.07, 6.45) is 1.52. The van der Waals surface area contributed by atoms with Crippen molar-refractivity contribution in [1.82, 2.24) is 0 Å². The molecule has 146 valence electrons. The van der Waals surface area contributed by atoms with Crippen molar-refractivity contribution in [2.45, 2.75) is 13.5 Å². The highest BCUT2D eigenvalue weighted by atomic mass is 19.1. The van der Waals surface area contributed by atoms with Crippen molar-refractivity contribution in [2.75, 3.05) is 0 Å². The van der Waals surface area contributed by atoms with E-state index in [-0.39, 0.29) is 29.5 Å². The largest absolute Gasteiger partial charge is 0.489 e. The summed E-state index contributed by atoms with van der Waals surface area (Å²) in [5, 5.41) is 0. The molecule has 0 radical (unpaired) electrons. The van der Waals surface area contributed by atoms with Gasteiger partial charge in [-0.2, -0.15) is 0 Å². The predicted octanol–water partition coefficient (Wildman–Crippen LogP) is 5.61. The molecule has 3 aromatic rings. The van der Waals surface area contributed by atoms with E-state index in [0.29, 0.717) is 28.2 Å². The average molecular weight is 396 g/mol. The van der Waals surface area contributed by atoms with Gasteiger partial charge >= 0.3 is 0 Å². The minimum atomic E-state index is -0.696. The highest BCUT2D eigenvalue weighted by molar-refractivity contribution is 6.15. The lowest BCUT2D eigenvalue weighted by molar-refractivity contribution is 0.101. The summed E-state index contributed by atoms with van der Waals surface area (Å²) in [5.41, 5.74) is 1.44. The van der Waals surface area contributed by atoms with Gasteiger partial charge in [0.25, 0.3) is 0 Å². The van der Waals surface area contributed by atoms with E-state index in [1.165, 1.54) is 42.5 Å². The van der Waals surface area contributed by atoms with Crippen LogP contribution in [0.1, 0.15) is 27.0 Å². The number of rotatable bonds is 4. The van der Waals surface area contributed by atoms with Gasteiger partial charge in [-0.3, -0.25) is 4.79 Å². The number of Topliss-reactive ketones (excluding diaryl/α,β-unsaturated/α-hetero) is 1. The first-order chi connectivity index (χ1) is 13.9. The van der Waals surface area contributed by atoms with Crippen molar-refractivity contribution in [3.63, 3.8) is 0 Å². The van der Waals surface area contributed by atoms with Crippen LogP contribution in [0.5, 0.6) is 11.5 Å². The Morgan fingerprint density at radius 3 is 2.38 bits per heavy atom. The molecule has 3 aromatic carbocycles. The van der Waals surface area contributed by atoms with E-state index in [1.54, 1.807) is 13.0 Å². The zero-order valence-corrected chi connectivity index (χ0v) is 15.3. The Morgan fingerprint density at radius 1 is 1.00 bits per heavy atom. The number of ether oxygens (including phenoxy) is 2. The third-order valence-electron chi connectivity index (χ3n) is 4.56. The molecule has 0 bridgehead atoms. The van der Waals surface area contributed by atoms with Crippen molar-refractivity contribution in [3.8, 4) is 11.5 Å². The molecule has 0 amide bonds. The molecule has 0 aromatic heterocycles. The Kier molecular flexibility index (Phi) is 4.84. The second kappa shape index (κ2) is 7.47. The molecule has 6 heteroatoms. The van der Waals surface area contributed by atoms with Crippen molar-refractivity contribution in [3.05, 3.63) is 100 Å². The fourth-order valence-corrected chi connectivity index (χ4v) is 3.10. The molecular weight excluding hydrogens is 381 g/mol. The molecule has 0 saturated carbocycles. The molecule has 3 nitrogen and oxygen atoms in total. The third kappa shape index (κ3) is 3.74. The maximum absolute atomic E-state index is 13.8. The number of hydrogen-bond donors (Lipinski definition) is 0. The van der Waals surface area contributed by atoms with Gasteiger partial charge in [0, 0.05) is 6.07 Å². The Labute approximate surface area is 165 Å². The van der Waals surface area contributed by atoms with Gasteiger partial charge < -0.3 is 9.47 Å². The van der Waals surface area contributed by atoms with Crippen LogP contribution < -0.4 is 9.47 Å². The molecule has 0 atom stereocenters. The van der Waals surface area contributed by atoms with Gasteiger partial charge in [0.05, 0.1) is 11.1 Å². The third-order valence-corrected chi connectivity index (χ3v) is 4.56. The molecule has 0 unspecified atom stereocenters. The van der Waals surface area contributed by atoms with Crippen LogP contribution in [0.25, 0.3) is 6.08 Å². The lowest BCUT2D eigenvalue weighted by Crippen LogP contribution is -2.02. The normalized spacial score (nSPS) is 14.1. The SMILES string of the molecule is Cc1cc(OCc2c(F)cccc2F)cc2c1C(=O)/C(=C/c1ccc(F)cc1)O2. The first kappa shape index (κ1) is 18.8. The van der Waals surface area contributed by atoms with E-state index in [0.717, 1.165) is 12.1 Å². The summed E-state index contributed by atoms with van der Waals surface area (Å²) < 4.78 is 51.8. The molecule has 1 aliphatic heterocycles. The summed E-state index contributed by atoms with van der Waals surface area (Å²) in [7, 11) is 0. The monoisotopic (exact) mass is 396 g/mol. The van der Waals surface area contributed by atoms with E-state index in [2.05, 4.69) is 0 Å². The van der Waals surface area contributed by atoms with Gasteiger partial charge in [-0.05, 0) is 54.5 Å². The number of carbonyl (C=O) groups is 1. The quantitative estimate of drug-likeness (QED) is 0.538. The summed E-state index contributed by atoms with van der Waals surface area (Å²) in [4.78, 5) is 12.7. The van der Waals surface area contributed by atoms with Gasteiger partial charge in [0.15, 0.2) is 5.76 Å².